The molecule has 0 aliphatic heterocycles. The van der Waals surface area contributed by atoms with Gasteiger partial charge in [0.2, 0.25) is 0 Å². The molecule has 0 spiro atoms. The number of hydrogen-bond donors (Lipinski definition) is 2. The van der Waals surface area contributed by atoms with Crippen LogP contribution in [0.3, 0.4) is 0 Å². The molecule has 3 N–H and O–H groups in total. The normalized spacial score (nSPS) is 12.4. The van der Waals surface area contributed by atoms with Gasteiger partial charge in [-0.3, -0.25) is 4.79 Å². The van der Waals surface area contributed by atoms with E-state index in [0.717, 1.165) is 0 Å². The van der Waals surface area contributed by atoms with Crippen LogP contribution < -0.4 is 11.1 Å². The van der Waals surface area contributed by atoms with Crippen LogP contribution in [-0.4, -0.2) is 18.0 Å². The fraction of sp³-hybridized carbons (Fsp3) is 0.364. The lowest BCUT2D eigenvalue weighted by Gasteiger charge is -2.20. The number of carbonyl (C=O) groups is 1. The van der Waals surface area contributed by atoms with Crippen LogP contribution in [0.15, 0.2) is 12.1 Å². The van der Waals surface area contributed by atoms with Crippen LogP contribution in [0.5, 0.6) is 0 Å². The highest BCUT2D eigenvalue weighted by Crippen LogP contribution is 2.37. The summed E-state index contributed by atoms with van der Waals surface area (Å²) in [7, 11) is 0. The molecule has 1 rings (SSSR count). The molecule has 3 nitrogen and oxygen atoms in total. The highest BCUT2D eigenvalue weighted by molar-refractivity contribution is 5.98. The summed E-state index contributed by atoms with van der Waals surface area (Å²) in [6, 6.07) is 2.71. The fourth-order valence-corrected chi connectivity index (χ4v) is 1.51. The number of aryl methyl sites for hydroxylation is 2. The Kier molecular flexibility index (Phi) is 3.74. The van der Waals surface area contributed by atoms with E-state index < -0.39 is 18.0 Å². The van der Waals surface area contributed by atoms with E-state index in [1.807, 2.05) is 0 Å². The van der Waals surface area contributed by atoms with Crippen LogP contribution in [0.4, 0.5) is 33.3 Å². The molecule has 0 saturated heterocycles. The van der Waals surface area contributed by atoms with Gasteiger partial charge in [0.05, 0.1) is 0 Å². The van der Waals surface area contributed by atoms with E-state index in [0.29, 0.717) is 16.8 Å². The number of alkyl halides is 5. The fourth-order valence-electron chi connectivity index (χ4n) is 1.51. The Morgan fingerprint density at radius 1 is 1.11 bits per heavy atom. The van der Waals surface area contributed by atoms with E-state index in [9.17, 15) is 26.7 Å². The molecule has 8 heteroatoms. The zero-order chi connectivity index (χ0) is 15.0. The van der Waals surface area contributed by atoms with E-state index >= 15 is 0 Å². The number of benzene rings is 1. The number of amides is 1. The van der Waals surface area contributed by atoms with Gasteiger partial charge in [-0.2, -0.15) is 22.0 Å². The molecule has 0 fully saturated rings. The van der Waals surface area contributed by atoms with Crippen molar-refractivity contribution in [1.82, 2.24) is 0 Å². The first-order valence-corrected chi connectivity index (χ1v) is 5.09. The molecule has 1 aromatic carbocycles. The highest BCUT2D eigenvalue weighted by atomic mass is 19.4. The van der Waals surface area contributed by atoms with Crippen molar-refractivity contribution in [3.63, 3.8) is 0 Å². The third-order valence-electron chi connectivity index (χ3n) is 2.43. The van der Waals surface area contributed by atoms with E-state index in [2.05, 4.69) is 0 Å². The lowest BCUT2D eigenvalue weighted by atomic mass is 10.1. The Bertz CT molecular complexity index is 487. The van der Waals surface area contributed by atoms with E-state index in [4.69, 9.17) is 5.73 Å². The van der Waals surface area contributed by atoms with Crippen LogP contribution in [0.1, 0.15) is 11.1 Å². The summed E-state index contributed by atoms with van der Waals surface area (Å²) < 4.78 is 61.6. The minimum Gasteiger partial charge on any atom is -0.399 e. The highest BCUT2D eigenvalue weighted by Gasteiger charge is 2.63. The molecule has 106 valence electrons. The molecule has 19 heavy (non-hydrogen) atoms. The summed E-state index contributed by atoms with van der Waals surface area (Å²) in [5, 5.41) is 1.59. The molecule has 0 bridgehead atoms. The van der Waals surface area contributed by atoms with Gasteiger partial charge in [0.1, 0.15) is 0 Å². The Morgan fingerprint density at radius 3 is 1.89 bits per heavy atom. The first-order chi connectivity index (χ1) is 8.46. The van der Waals surface area contributed by atoms with Gasteiger partial charge >= 0.3 is 18.0 Å². The van der Waals surface area contributed by atoms with Gasteiger partial charge in [-0.15, -0.1) is 0 Å². The van der Waals surface area contributed by atoms with Gasteiger partial charge in [0.15, 0.2) is 0 Å². The minimum atomic E-state index is -5.94. The summed E-state index contributed by atoms with van der Waals surface area (Å²) >= 11 is 0. The van der Waals surface area contributed by atoms with Crippen molar-refractivity contribution in [1.29, 1.82) is 0 Å². The van der Waals surface area contributed by atoms with Crippen molar-refractivity contribution in [3.05, 3.63) is 23.3 Å². The second kappa shape index (κ2) is 4.67. The molecule has 0 radical (unpaired) electrons. The second-order valence-electron chi connectivity index (χ2n) is 4.06. The predicted molar refractivity (Wildman–Crippen MR) is 60.0 cm³/mol. The second-order valence-corrected chi connectivity index (χ2v) is 4.06. The number of carbonyl (C=O) groups excluding carboxylic acids is 1. The summed E-state index contributed by atoms with van der Waals surface area (Å²) in [4.78, 5) is 11.1. The first kappa shape index (κ1) is 15.2. The molecule has 0 aliphatic carbocycles. The summed E-state index contributed by atoms with van der Waals surface area (Å²) in [6.45, 7) is 2.87. The quantitative estimate of drug-likeness (QED) is 0.647. The Morgan fingerprint density at radius 2 is 1.53 bits per heavy atom. The van der Waals surface area contributed by atoms with E-state index in [-0.39, 0.29) is 5.69 Å². The van der Waals surface area contributed by atoms with Gasteiger partial charge in [-0.25, -0.2) is 0 Å². The molecule has 0 atom stereocenters. The Hall–Kier alpha value is -1.86. The van der Waals surface area contributed by atoms with Gasteiger partial charge in [0, 0.05) is 11.4 Å². The zero-order valence-corrected chi connectivity index (χ0v) is 10.0. The molecular weight excluding hydrogens is 271 g/mol. The maximum atomic E-state index is 12.8. The molecule has 0 heterocycles. The molecule has 0 aromatic heterocycles. The van der Waals surface area contributed by atoms with Crippen molar-refractivity contribution in [2.45, 2.75) is 25.9 Å². The standard InChI is InChI=1S/C11H11F5N2O/c1-5-3-7(17)4-6(2)8(5)18-9(19)10(12,13)11(14,15)16/h3-4H,17H2,1-2H3,(H,18,19). The Labute approximate surface area is 105 Å². The lowest BCUT2D eigenvalue weighted by Crippen LogP contribution is -2.47. The lowest BCUT2D eigenvalue weighted by molar-refractivity contribution is -0.267. The van der Waals surface area contributed by atoms with Crippen LogP contribution in [0, 0.1) is 13.8 Å². The maximum absolute atomic E-state index is 12.8. The van der Waals surface area contributed by atoms with Gasteiger partial charge in [-0.1, -0.05) is 0 Å². The molecule has 0 saturated carbocycles. The summed E-state index contributed by atoms with van der Waals surface area (Å²) in [5.74, 6) is -7.87. The van der Waals surface area contributed by atoms with E-state index in [1.165, 1.54) is 26.0 Å². The van der Waals surface area contributed by atoms with Crippen molar-refractivity contribution in [2.75, 3.05) is 11.1 Å². The molecule has 0 aliphatic rings. The first-order valence-electron chi connectivity index (χ1n) is 5.09. The number of halogens is 5. The number of nitrogen functional groups attached to an aromatic ring is 1. The van der Waals surface area contributed by atoms with Crippen LogP contribution in [0.2, 0.25) is 0 Å². The Balaban J connectivity index is 3.08. The number of rotatable bonds is 2. The van der Waals surface area contributed by atoms with Crippen molar-refractivity contribution >= 4 is 17.3 Å². The van der Waals surface area contributed by atoms with Crippen molar-refractivity contribution < 1.29 is 26.7 Å². The molecule has 0 unspecified atom stereocenters. The monoisotopic (exact) mass is 282 g/mol. The minimum absolute atomic E-state index is 0.108. The third kappa shape index (κ3) is 2.94. The topological polar surface area (TPSA) is 55.1 Å². The summed E-state index contributed by atoms with van der Waals surface area (Å²) in [6.07, 6.45) is -5.94. The summed E-state index contributed by atoms with van der Waals surface area (Å²) in [5.41, 5.74) is 6.27. The number of hydrogen-bond acceptors (Lipinski definition) is 2. The van der Waals surface area contributed by atoms with Crippen LogP contribution in [-0.2, 0) is 4.79 Å². The maximum Gasteiger partial charge on any atom is 0.463 e. The predicted octanol–water partition coefficient (Wildman–Crippen LogP) is 3.02. The number of anilines is 2. The zero-order valence-electron chi connectivity index (χ0n) is 10.0. The van der Waals surface area contributed by atoms with E-state index in [1.54, 1.807) is 5.32 Å². The largest absolute Gasteiger partial charge is 0.463 e. The number of nitrogens with two attached hydrogens (primary N) is 1. The van der Waals surface area contributed by atoms with Crippen molar-refractivity contribution in [3.8, 4) is 0 Å². The van der Waals surface area contributed by atoms with Crippen LogP contribution >= 0.6 is 0 Å². The smallest absolute Gasteiger partial charge is 0.399 e. The van der Waals surface area contributed by atoms with Gasteiger partial charge in [-0.05, 0) is 37.1 Å². The molecule has 1 amide bonds. The average Bonchev–Trinajstić information content (AvgIpc) is 2.21. The van der Waals surface area contributed by atoms with Crippen LogP contribution in [0.25, 0.3) is 0 Å². The SMILES string of the molecule is Cc1cc(N)cc(C)c1NC(=O)C(F)(F)C(F)(F)F. The average molecular weight is 282 g/mol. The molecular formula is C11H11F5N2O. The third-order valence-corrected chi connectivity index (χ3v) is 2.43. The van der Waals surface area contributed by atoms with Gasteiger partial charge in [0.25, 0.3) is 0 Å². The van der Waals surface area contributed by atoms with Crippen molar-refractivity contribution in [2.24, 2.45) is 0 Å². The number of nitrogens with one attached hydrogen (secondary N) is 1. The molecule has 1 aromatic rings. The van der Waals surface area contributed by atoms with Gasteiger partial charge < -0.3 is 11.1 Å².